The van der Waals surface area contributed by atoms with Gasteiger partial charge in [0.25, 0.3) is 5.91 Å². The van der Waals surface area contributed by atoms with Crippen molar-refractivity contribution in [2.75, 3.05) is 26.3 Å². The van der Waals surface area contributed by atoms with Crippen LogP contribution < -0.4 is 5.32 Å². The summed E-state index contributed by atoms with van der Waals surface area (Å²) in [4.78, 5) is 17.7. The molecule has 1 aliphatic carbocycles. The van der Waals surface area contributed by atoms with E-state index in [4.69, 9.17) is 9.26 Å². The van der Waals surface area contributed by atoms with Gasteiger partial charge in [0.05, 0.1) is 18.1 Å². The number of hydrogen-bond acceptors (Lipinski definition) is 7. The lowest BCUT2D eigenvalue weighted by molar-refractivity contribution is 0.0730. The molecule has 0 spiro atoms. The summed E-state index contributed by atoms with van der Waals surface area (Å²) < 4.78 is 37.4. The summed E-state index contributed by atoms with van der Waals surface area (Å²) >= 11 is 0. The fourth-order valence-corrected chi connectivity index (χ4v) is 5.64. The molecule has 168 valence electrons. The van der Waals surface area contributed by atoms with Gasteiger partial charge in [0.15, 0.2) is 5.82 Å². The molecule has 10 heteroatoms. The molecule has 1 saturated heterocycles. The molecule has 0 radical (unpaired) electrons. The lowest BCUT2D eigenvalue weighted by atomic mass is 9.88. The number of carbonyl (C=O) groups excluding carboxylic acids is 1. The van der Waals surface area contributed by atoms with Crippen LogP contribution >= 0.6 is 0 Å². The van der Waals surface area contributed by atoms with Gasteiger partial charge in [-0.3, -0.25) is 4.79 Å². The van der Waals surface area contributed by atoms with Crippen molar-refractivity contribution in [2.45, 2.75) is 55.9 Å². The third-order valence-electron chi connectivity index (χ3n) is 5.99. The first-order chi connectivity index (χ1) is 14.9. The van der Waals surface area contributed by atoms with Gasteiger partial charge < -0.3 is 14.6 Å². The van der Waals surface area contributed by atoms with Crippen LogP contribution in [-0.2, 0) is 20.3 Å². The van der Waals surface area contributed by atoms with Crippen LogP contribution in [0, 0.1) is 6.92 Å². The first-order valence-corrected chi connectivity index (χ1v) is 12.2. The maximum atomic E-state index is 13.1. The number of rotatable bonds is 5. The number of morpholine rings is 1. The van der Waals surface area contributed by atoms with Crippen LogP contribution in [0.3, 0.4) is 0 Å². The number of nitrogens with zero attached hydrogens (tertiary/aromatic N) is 3. The van der Waals surface area contributed by atoms with Crippen molar-refractivity contribution in [1.29, 1.82) is 0 Å². The van der Waals surface area contributed by atoms with E-state index in [0.717, 1.165) is 38.5 Å². The van der Waals surface area contributed by atoms with Crippen molar-refractivity contribution in [1.82, 2.24) is 19.8 Å². The molecule has 1 saturated carbocycles. The molecule has 1 aromatic heterocycles. The molecular formula is C21H28N4O5S. The Morgan fingerprint density at radius 1 is 1.06 bits per heavy atom. The molecule has 1 N–H and O–H groups in total. The minimum Gasteiger partial charge on any atom is -0.379 e. The number of nitrogens with one attached hydrogen (secondary N) is 1. The highest BCUT2D eigenvalue weighted by Gasteiger charge is 2.39. The predicted octanol–water partition coefficient (Wildman–Crippen LogP) is 2.38. The number of ether oxygens (including phenoxy) is 1. The minimum atomic E-state index is -3.60. The van der Waals surface area contributed by atoms with Gasteiger partial charge in [0, 0.05) is 25.6 Å². The van der Waals surface area contributed by atoms with Crippen LogP contribution in [0.25, 0.3) is 0 Å². The van der Waals surface area contributed by atoms with Crippen molar-refractivity contribution >= 4 is 15.9 Å². The van der Waals surface area contributed by atoms with Crippen molar-refractivity contribution in [3.05, 3.63) is 41.5 Å². The van der Waals surface area contributed by atoms with Crippen molar-refractivity contribution in [3.63, 3.8) is 0 Å². The Kier molecular flexibility index (Phi) is 6.40. The molecule has 2 aromatic rings. The molecule has 1 amide bonds. The highest BCUT2D eigenvalue weighted by Crippen LogP contribution is 2.35. The molecule has 1 aliphatic heterocycles. The summed E-state index contributed by atoms with van der Waals surface area (Å²) in [5.41, 5.74) is -0.283. The fourth-order valence-electron chi connectivity index (χ4n) is 4.23. The number of hydrogen-bond donors (Lipinski definition) is 1. The molecule has 2 fully saturated rings. The first kappa shape index (κ1) is 21.9. The van der Waals surface area contributed by atoms with E-state index in [9.17, 15) is 13.2 Å². The van der Waals surface area contributed by atoms with E-state index >= 15 is 0 Å². The summed E-state index contributed by atoms with van der Waals surface area (Å²) in [7, 11) is -3.60. The Hall–Kier alpha value is -2.30. The van der Waals surface area contributed by atoms with Gasteiger partial charge in [-0.1, -0.05) is 30.8 Å². The van der Waals surface area contributed by atoms with E-state index in [1.807, 2.05) is 0 Å². The number of sulfonamides is 1. The average Bonchev–Trinajstić information content (AvgIpc) is 3.09. The lowest BCUT2D eigenvalue weighted by Gasteiger charge is -2.30. The van der Waals surface area contributed by atoms with Crippen molar-refractivity contribution in [2.24, 2.45) is 0 Å². The van der Waals surface area contributed by atoms with E-state index in [0.29, 0.717) is 43.6 Å². The molecule has 2 aliphatic rings. The van der Waals surface area contributed by atoms with Gasteiger partial charge in [-0.15, -0.1) is 0 Å². The Morgan fingerprint density at radius 3 is 2.29 bits per heavy atom. The van der Waals surface area contributed by atoms with Gasteiger partial charge in [0.2, 0.25) is 15.9 Å². The minimum absolute atomic E-state index is 0.170. The smallest absolute Gasteiger partial charge is 0.252 e. The number of aryl methyl sites for hydroxylation is 1. The summed E-state index contributed by atoms with van der Waals surface area (Å²) in [5, 5.41) is 7.24. The van der Waals surface area contributed by atoms with Gasteiger partial charge in [-0.2, -0.15) is 9.29 Å². The van der Waals surface area contributed by atoms with Gasteiger partial charge in [0.1, 0.15) is 5.54 Å². The van der Waals surface area contributed by atoms with E-state index in [2.05, 4.69) is 15.5 Å². The third kappa shape index (κ3) is 4.65. The first-order valence-electron chi connectivity index (χ1n) is 10.7. The zero-order chi connectivity index (χ0) is 21.9. The number of carbonyl (C=O) groups is 1. The topological polar surface area (TPSA) is 115 Å². The van der Waals surface area contributed by atoms with E-state index in [1.165, 1.54) is 16.4 Å². The highest BCUT2D eigenvalue weighted by atomic mass is 32.2. The van der Waals surface area contributed by atoms with Crippen molar-refractivity contribution in [3.8, 4) is 0 Å². The van der Waals surface area contributed by atoms with Gasteiger partial charge >= 0.3 is 0 Å². The van der Waals surface area contributed by atoms with Crippen molar-refractivity contribution < 1.29 is 22.5 Å². The summed E-state index contributed by atoms with van der Waals surface area (Å²) in [6.07, 6.45) is 5.60. The van der Waals surface area contributed by atoms with E-state index in [1.54, 1.807) is 19.1 Å². The molecule has 9 nitrogen and oxygen atoms in total. The Balaban J connectivity index is 1.54. The average molecular weight is 449 g/mol. The molecule has 1 aromatic carbocycles. The molecular weight excluding hydrogens is 420 g/mol. The SMILES string of the molecule is Cc1nc(C2(NC(=O)c3ccc(S(=O)(=O)N4CCOCC4)cc3)CCCCCC2)no1. The Labute approximate surface area is 182 Å². The summed E-state index contributed by atoms with van der Waals surface area (Å²) in [6.45, 7) is 3.17. The lowest BCUT2D eigenvalue weighted by Crippen LogP contribution is -2.46. The van der Waals surface area contributed by atoms with E-state index < -0.39 is 15.6 Å². The molecule has 0 atom stereocenters. The third-order valence-corrected chi connectivity index (χ3v) is 7.90. The van der Waals surface area contributed by atoms with Crippen LogP contribution in [0.1, 0.15) is 60.6 Å². The standard InChI is InChI=1S/C21H28N4O5S/c1-16-22-20(24-30-16)21(10-4-2-3-5-11-21)23-19(26)17-6-8-18(9-7-17)31(27,28)25-12-14-29-15-13-25/h6-9H,2-5,10-15H2,1H3,(H,23,26). The van der Waals surface area contributed by atoms with Crippen LogP contribution in [0.15, 0.2) is 33.7 Å². The fraction of sp³-hybridized carbons (Fsp3) is 0.571. The zero-order valence-electron chi connectivity index (χ0n) is 17.7. The summed E-state index contributed by atoms with van der Waals surface area (Å²) in [5.74, 6) is 0.692. The molecule has 0 unspecified atom stereocenters. The van der Waals surface area contributed by atoms with Gasteiger partial charge in [-0.05, 0) is 37.1 Å². The normalized spacial score (nSPS) is 20.2. The van der Waals surface area contributed by atoms with Crippen LogP contribution in [0.4, 0.5) is 0 Å². The molecule has 2 heterocycles. The molecule has 0 bridgehead atoms. The molecule has 31 heavy (non-hydrogen) atoms. The second-order valence-electron chi connectivity index (χ2n) is 8.13. The number of aromatic nitrogens is 2. The van der Waals surface area contributed by atoms with Gasteiger partial charge in [-0.25, -0.2) is 8.42 Å². The quantitative estimate of drug-likeness (QED) is 0.698. The second-order valence-corrected chi connectivity index (χ2v) is 10.1. The van der Waals surface area contributed by atoms with Crippen LogP contribution in [0.2, 0.25) is 0 Å². The highest BCUT2D eigenvalue weighted by molar-refractivity contribution is 7.89. The zero-order valence-corrected chi connectivity index (χ0v) is 18.5. The monoisotopic (exact) mass is 448 g/mol. The van der Waals surface area contributed by atoms with Crippen LogP contribution in [-0.4, -0.2) is 55.1 Å². The molecule has 4 rings (SSSR count). The Bertz CT molecular complexity index is 1000. The Morgan fingerprint density at radius 2 is 1.71 bits per heavy atom. The maximum absolute atomic E-state index is 13.1. The number of amides is 1. The van der Waals surface area contributed by atoms with Crippen LogP contribution in [0.5, 0.6) is 0 Å². The largest absolute Gasteiger partial charge is 0.379 e. The maximum Gasteiger partial charge on any atom is 0.252 e. The number of benzene rings is 1. The second kappa shape index (κ2) is 9.05. The predicted molar refractivity (Wildman–Crippen MR) is 112 cm³/mol. The van der Waals surface area contributed by atoms with E-state index in [-0.39, 0.29) is 10.8 Å². The summed E-state index contributed by atoms with van der Waals surface area (Å²) in [6, 6.07) is 6.07.